The Morgan fingerprint density at radius 3 is 2.69 bits per heavy atom. The van der Waals surface area contributed by atoms with Crippen LogP contribution in [0.5, 0.6) is 0 Å². The van der Waals surface area contributed by atoms with E-state index >= 15 is 0 Å². The zero-order chi connectivity index (χ0) is 10.0. The number of alkyl halides is 2. The number of halogens is 2. The fraction of sp³-hybridized carbons (Fsp3) is 0.250. The van der Waals surface area contributed by atoms with Gasteiger partial charge in [-0.1, -0.05) is 0 Å². The summed E-state index contributed by atoms with van der Waals surface area (Å²) in [5.74, 6) is -1.22. The number of rotatable bonds is 2. The number of aromatic nitrogens is 1. The molecule has 0 amide bonds. The van der Waals surface area contributed by atoms with Crippen LogP contribution in [0.1, 0.15) is 28.0 Å². The Morgan fingerprint density at radius 1 is 1.62 bits per heavy atom. The molecule has 1 aromatic heterocycles. The molecular formula is C8H7F2NO2. The highest BCUT2D eigenvalue weighted by Gasteiger charge is 2.14. The standard InChI is InChI=1S/C8H7F2NO2/c1-4-3-11-6(7(9)10)2-5(4)8(12)13/h2-3,7H,1H3,(H,12,13). The molecule has 0 aromatic carbocycles. The highest BCUT2D eigenvalue weighted by Crippen LogP contribution is 2.18. The zero-order valence-corrected chi connectivity index (χ0v) is 6.79. The van der Waals surface area contributed by atoms with Crippen molar-refractivity contribution in [3.8, 4) is 0 Å². The maximum absolute atomic E-state index is 12.1. The minimum atomic E-state index is -2.74. The predicted octanol–water partition coefficient (Wildman–Crippen LogP) is 2.03. The van der Waals surface area contributed by atoms with Crippen molar-refractivity contribution in [2.75, 3.05) is 0 Å². The van der Waals surface area contributed by atoms with Crippen molar-refractivity contribution in [1.29, 1.82) is 0 Å². The largest absolute Gasteiger partial charge is 0.478 e. The van der Waals surface area contributed by atoms with E-state index in [0.717, 1.165) is 12.3 Å². The molecular weight excluding hydrogens is 180 g/mol. The Kier molecular flexibility index (Phi) is 2.55. The van der Waals surface area contributed by atoms with E-state index in [2.05, 4.69) is 4.98 Å². The van der Waals surface area contributed by atoms with Crippen molar-refractivity contribution < 1.29 is 18.7 Å². The number of pyridine rings is 1. The van der Waals surface area contributed by atoms with Gasteiger partial charge in [0.25, 0.3) is 6.43 Å². The summed E-state index contributed by atoms with van der Waals surface area (Å²) in [5, 5.41) is 8.60. The topological polar surface area (TPSA) is 50.2 Å². The van der Waals surface area contributed by atoms with Crippen LogP contribution in [0.2, 0.25) is 0 Å². The second-order valence-corrected chi connectivity index (χ2v) is 2.53. The molecule has 1 heterocycles. The molecule has 0 bridgehead atoms. The fourth-order valence-corrected chi connectivity index (χ4v) is 0.890. The molecule has 70 valence electrons. The summed E-state index contributed by atoms with van der Waals surface area (Å²) in [4.78, 5) is 13.9. The molecule has 1 rings (SSSR count). The van der Waals surface area contributed by atoms with Crippen molar-refractivity contribution in [3.63, 3.8) is 0 Å². The Hall–Kier alpha value is -1.52. The highest BCUT2D eigenvalue weighted by atomic mass is 19.3. The summed E-state index contributed by atoms with van der Waals surface area (Å²) < 4.78 is 24.2. The molecule has 0 aliphatic heterocycles. The third kappa shape index (κ3) is 1.99. The summed E-state index contributed by atoms with van der Waals surface area (Å²) in [6, 6.07) is 0.891. The molecule has 0 spiro atoms. The second kappa shape index (κ2) is 3.47. The Labute approximate surface area is 73.0 Å². The molecule has 0 saturated carbocycles. The van der Waals surface area contributed by atoms with Crippen LogP contribution in [0.4, 0.5) is 8.78 Å². The SMILES string of the molecule is Cc1cnc(C(F)F)cc1C(=O)O. The molecule has 13 heavy (non-hydrogen) atoms. The number of carboxylic acids is 1. The first-order valence-electron chi connectivity index (χ1n) is 3.50. The summed E-state index contributed by atoms with van der Waals surface area (Å²) >= 11 is 0. The Morgan fingerprint density at radius 2 is 2.23 bits per heavy atom. The van der Waals surface area contributed by atoms with E-state index < -0.39 is 18.1 Å². The van der Waals surface area contributed by atoms with Gasteiger partial charge in [-0.15, -0.1) is 0 Å². The smallest absolute Gasteiger partial charge is 0.336 e. The Balaban J connectivity index is 3.19. The molecule has 0 atom stereocenters. The average molecular weight is 187 g/mol. The average Bonchev–Trinajstić information content (AvgIpc) is 2.04. The highest BCUT2D eigenvalue weighted by molar-refractivity contribution is 5.89. The fourth-order valence-electron chi connectivity index (χ4n) is 0.890. The van der Waals surface area contributed by atoms with Gasteiger partial charge in [-0.05, 0) is 18.6 Å². The van der Waals surface area contributed by atoms with Gasteiger partial charge in [0.05, 0.1) is 5.56 Å². The number of aromatic carboxylic acids is 1. The van der Waals surface area contributed by atoms with Crippen molar-refractivity contribution >= 4 is 5.97 Å². The molecule has 0 saturated heterocycles. The number of hydrogen-bond acceptors (Lipinski definition) is 2. The number of carbonyl (C=O) groups is 1. The molecule has 0 aliphatic carbocycles. The molecule has 0 fully saturated rings. The van der Waals surface area contributed by atoms with E-state index in [9.17, 15) is 13.6 Å². The lowest BCUT2D eigenvalue weighted by atomic mass is 10.1. The molecule has 3 nitrogen and oxygen atoms in total. The van der Waals surface area contributed by atoms with E-state index in [4.69, 9.17) is 5.11 Å². The quantitative estimate of drug-likeness (QED) is 0.770. The van der Waals surface area contributed by atoms with Crippen LogP contribution in [0.15, 0.2) is 12.3 Å². The number of aryl methyl sites for hydroxylation is 1. The number of nitrogens with zero attached hydrogens (tertiary/aromatic N) is 1. The van der Waals surface area contributed by atoms with Crippen molar-refractivity contribution in [2.24, 2.45) is 0 Å². The lowest BCUT2D eigenvalue weighted by Gasteiger charge is -2.02. The number of hydrogen-bond donors (Lipinski definition) is 1. The van der Waals surface area contributed by atoms with E-state index in [1.54, 1.807) is 0 Å². The third-order valence-corrected chi connectivity index (χ3v) is 1.58. The summed E-state index contributed by atoms with van der Waals surface area (Å²) in [6.07, 6.45) is -1.61. The first-order chi connectivity index (χ1) is 6.02. The van der Waals surface area contributed by atoms with Crippen molar-refractivity contribution in [1.82, 2.24) is 4.98 Å². The minimum absolute atomic E-state index is 0.134. The van der Waals surface area contributed by atoms with E-state index in [0.29, 0.717) is 5.56 Å². The van der Waals surface area contributed by atoms with Crippen LogP contribution in [0, 0.1) is 6.92 Å². The van der Waals surface area contributed by atoms with Crippen LogP contribution in [0.25, 0.3) is 0 Å². The van der Waals surface area contributed by atoms with Crippen LogP contribution in [-0.4, -0.2) is 16.1 Å². The van der Waals surface area contributed by atoms with Gasteiger partial charge in [-0.25, -0.2) is 13.6 Å². The van der Waals surface area contributed by atoms with Gasteiger partial charge in [0.1, 0.15) is 5.69 Å². The molecule has 0 radical (unpaired) electrons. The van der Waals surface area contributed by atoms with Crippen molar-refractivity contribution in [2.45, 2.75) is 13.3 Å². The maximum atomic E-state index is 12.1. The van der Waals surface area contributed by atoms with Gasteiger partial charge >= 0.3 is 5.97 Å². The lowest BCUT2D eigenvalue weighted by Crippen LogP contribution is -2.03. The van der Waals surface area contributed by atoms with Gasteiger partial charge in [0.2, 0.25) is 0 Å². The van der Waals surface area contributed by atoms with E-state index in [1.807, 2.05) is 0 Å². The first kappa shape index (κ1) is 9.57. The van der Waals surface area contributed by atoms with Crippen LogP contribution in [-0.2, 0) is 0 Å². The molecule has 0 unspecified atom stereocenters. The van der Waals surface area contributed by atoms with Crippen LogP contribution >= 0.6 is 0 Å². The van der Waals surface area contributed by atoms with Gasteiger partial charge in [-0.2, -0.15) is 0 Å². The van der Waals surface area contributed by atoms with E-state index in [1.165, 1.54) is 6.92 Å². The molecule has 1 aromatic rings. The monoisotopic (exact) mass is 187 g/mol. The first-order valence-corrected chi connectivity index (χ1v) is 3.50. The van der Waals surface area contributed by atoms with Gasteiger partial charge in [0.15, 0.2) is 0 Å². The second-order valence-electron chi connectivity index (χ2n) is 2.53. The lowest BCUT2D eigenvalue weighted by molar-refractivity contribution is 0.0695. The van der Waals surface area contributed by atoms with Crippen LogP contribution < -0.4 is 0 Å². The van der Waals surface area contributed by atoms with Gasteiger partial charge < -0.3 is 5.11 Å². The van der Waals surface area contributed by atoms with Crippen molar-refractivity contribution in [3.05, 3.63) is 29.1 Å². The van der Waals surface area contributed by atoms with Gasteiger partial charge in [-0.3, -0.25) is 4.98 Å². The summed E-state index contributed by atoms with van der Waals surface area (Å²) in [5.41, 5.74) is -0.273. The third-order valence-electron chi connectivity index (χ3n) is 1.58. The predicted molar refractivity (Wildman–Crippen MR) is 40.9 cm³/mol. The van der Waals surface area contributed by atoms with E-state index in [-0.39, 0.29) is 5.56 Å². The normalized spacial score (nSPS) is 10.5. The maximum Gasteiger partial charge on any atom is 0.336 e. The zero-order valence-electron chi connectivity index (χ0n) is 6.79. The summed E-state index contributed by atoms with van der Waals surface area (Å²) in [6.45, 7) is 1.51. The van der Waals surface area contributed by atoms with Gasteiger partial charge in [0, 0.05) is 6.20 Å². The molecule has 0 aliphatic rings. The molecule has 5 heteroatoms. The van der Waals surface area contributed by atoms with Crippen LogP contribution in [0.3, 0.4) is 0 Å². The summed E-state index contributed by atoms with van der Waals surface area (Å²) in [7, 11) is 0. The molecule has 1 N–H and O–H groups in total. The Bertz CT molecular complexity index is 339. The number of carboxylic acid groups (broad SMARTS) is 1. The minimum Gasteiger partial charge on any atom is -0.478 e.